The Hall–Kier alpha value is -0.900. The van der Waals surface area contributed by atoms with Crippen molar-refractivity contribution in [3.05, 3.63) is 35.9 Å². The van der Waals surface area contributed by atoms with Crippen LogP contribution >= 0.6 is 0 Å². The summed E-state index contributed by atoms with van der Waals surface area (Å²) >= 11 is 0. The van der Waals surface area contributed by atoms with E-state index in [-0.39, 0.29) is 0 Å². The van der Waals surface area contributed by atoms with Crippen molar-refractivity contribution in [3.63, 3.8) is 0 Å². The molecular weight excluding hydrogens is 212 g/mol. The highest BCUT2D eigenvalue weighted by Gasteiger charge is 2.28. The third-order valence-corrected chi connectivity index (χ3v) is 3.42. The lowest BCUT2D eigenvalue weighted by Gasteiger charge is -2.32. The molecule has 0 radical (unpaired) electrons. The summed E-state index contributed by atoms with van der Waals surface area (Å²) in [5.41, 5.74) is 0.847. The topological polar surface area (TPSA) is 44.3 Å². The molecule has 0 unspecified atom stereocenters. The van der Waals surface area contributed by atoms with Gasteiger partial charge in [-0.25, -0.2) is 0 Å². The molecule has 3 nitrogen and oxygen atoms in total. The van der Waals surface area contributed by atoms with Gasteiger partial charge >= 0.3 is 0 Å². The number of piperidine rings is 1. The second-order valence-corrected chi connectivity index (χ2v) is 4.89. The number of benzene rings is 1. The highest BCUT2D eigenvalue weighted by atomic mass is 16.3. The van der Waals surface area contributed by atoms with Crippen LogP contribution in [0.25, 0.3) is 0 Å². The SMILES string of the molecule is OC1(CNCCc2ccccc2)CCNCC1. The fourth-order valence-corrected chi connectivity index (χ4v) is 2.27. The van der Waals surface area contributed by atoms with Crippen molar-refractivity contribution in [1.82, 2.24) is 10.6 Å². The summed E-state index contributed by atoms with van der Waals surface area (Å²) < 4.78 is 0. The molecule has 1 aliphatic heterocycles. The van der Waals surface area contributed by atoms with Crippen molar-refractivity contribution >= 4 is 0 Å². The summed E-state index contributed by atoms with van der Waals surface area (Å²) in [7, 11) is 0. The van der Waals surface area contributed by atoms with E-state index < -0.39 is 5.60 Å². The molecule has 1 aromatic carbocycles. The van der Waals surface area contributed by atoms with Crippen LogP contribution in [0, 0.1) is 0 Å². The smallest absolute Gasteiger partial charge is 0.0795 e. The van der Waals surface area contributed by atoms with E-state index in [1.165, 1.54) is 5.56 Å². The second-order valence-electron chi connectivity index (χ2n) is 4.89. The van der Waals surface area contributed by atoms with E-state index in [0.29, 0.717) is 6.54 Å². The first-order valence-electron chi connectivity index (χ1n) is 6.46. The van der Waals surface area contributed by atoms with Crippen LogP contribution in [0.5, 0.6) is 0 Å². The Balaban J connectivity index is 1.66. The van der Waals surface area contributed by atoms with E-state index in [1.54, 1.807) is 0 Å². The molecule has 3 N–H and O–H groups in total. The maximum Gasteiger partial charge on any atom is 0.0795 e. The Morgan fingerprint density at radius 2 is 1.88 bits per heavy atom. The van der Waals surface area contributed by atoms with Crippen LogP contribution in [-0.4, -0.2) is 36.9 Å². The van der Waals surface area contributed by atoms with Crippen molar-refractivity contribution < 1.29 is 5.11 Å². The van der Waals surface area contributed by atoms with Crippen LogP contribution in [-0.2, 0) is 6.42 Å². The minimum atomic E-state index is -0.498. The van der Waals surface area contributed by atoms with E-state index in [2.05, 4.69) is 34.9 Å². The van der Waals surface area contributed by atoms with Crippen molar-refractivity contribution in [1.29, 1.82) is 0 Å². The van der Waals surface area contributed by atoms with Gasteiger partial charge in [-0.1, -0.05) is 30.3 Å². The summed E-state index contributed by atoms with van der Waals surface area (Å²) in [6.45, 7) is 3.50. The quantitative estimate of drug-likeness (QED) is 0.664. The monoisotopic (exact) mass is 234 g/mol. The Morgan fingerprint density at radius 1 is 1.18 bits per heavy atom. The molecule has 2 rings (SSSR count). The first-order chi connectivity index (χ1) is 8.29. The fourth-order valence-electron chi connectivity index (χ4n) is 2.27. The first-order valence-corrected chi connectivity index (χ1v) is 6.46. The number of nitrogens with one attached hydrogen (secondary N) is 2. The predicted octanol–water partition coefficient (Wildman–Crippen LogP) is 0.933. The van der Waals surface area contributed by atoms with Gasteiger partial charge in [0.1, 0.15) is 0 Å². The van der Waals surface area contributed by atoms with Gasteiger partial charge in [0.2, 0.25) is 0 Å². The number of hydrogen-bond donors (Lipinski definition) is 3. The summed E-state index contributed by atoms with van der Waals surface area (Å²) in [5, 5.41) is 16.9. The summed E-state index contributed by atoms with van der Waals surface area (Å²) in [5.74, 6) is 0. The fraction of sp³-hybridized carbons (Fsp3) is 0.571. The zero-order valence-corrected chi connectivity index (χ0v) is 10.3. The van der Waals surface area contributed by atoms with E-state index in [1.807, 2.05) is 6.07 Å². The highest BCUT2D eigenvalue weighted by Crippen LogP contribution is 2.16. The van der Waals surface area contributed by atoms with Crippen molar-refractivity contribution in [2.75, 3.05) is 26.2 Å². The Morgan fingerprint density at radius 3 is 2.59 bits per heavy atom. The highest BCUT2D eigenvalue weighted by molar-refractivity contribution is 5.14. The summed E-state index contributed by atoms with van der Waals surface area (Å²) in [6.07, 6.45) is 2.73. The molecule has 1 fully saturated rings. The van der Waals surface area contributed by atoms with Gasteiger partial charge in [-0.3, -0.25) is 0 Å². The molecule has 0 amide bonds. The molecule has 0 saturated carbocycles. The lowest BCUT2D eigenvalue weighted by Crippen LogP contribution is -2.48. The van der Waals surface area contributed by atoms with E-state index in [9.17, 15) is 5.11 Å². The minimum Gasteiger partial charge on any atom is -0.388 e. The molecular formula is C14H22N2O. The maximum atomic E-state index is 10.3. The average molecular weight is 234 g/mol. The lowest BCUT2D eigenvalue weighted by atomic mass is 9.92. The molecule has 94 valence electrons. The maximum absolute atomic E-state index is 10.3. The zero-order chi connectivity index (χ0) is 12.0. The van der Waals surface area contributed by atoms with Gasteiger partial charge in [-0.2, -0.15) is 0 Å². The van der Waals surface area contributed by atoms with Gasteiger partial charge in [-0.15, -0.1) is 0 Å². The molecule has 17 heavy (non-hydrogen) atoms. The van der Waals surface area contributed by atoms with Gasteiger partial charge in [-0.05, 0) is 44.5 Å². The molecule has 0 atom stereocenters. The van der Waals surface area contributed by atoms with E-state index in [0.717, 1.165) is 38.9 Å². The lowest BCUT2D eigenvalue weighted by molar-refractivity contribution is 0.0114. The number of rotatable bonds is 5. The molecule has 1 heterocycles. The molecule has 1 aromatic rings. The van der Waals surface area contributed by atoms with Crippen LogP contribution < -0.4 is 10.6 Å². The average Bonchev–Trinajstić information content (AvgIpc) is 2.37. The Kier molecular flexibility index (Phi) is 4.54. The minimum absolute atomic E-state index is 0.498. The Labute approximate surface area is 103 Å². The molecule has 0 aliphatic carbocycles. The molecule has 0 aromatic heterocycles. The zero-order valence-electron chi connectivity index (χ0n) is 10.3. The van der Waals surface area contributed by atoms with Crippen LogP contribution in [0.3, 0.4) is 0 Å². The van der Waals surface area contributed by atoms with Gasteiger partial charge in [0.25, 0.3) is 0 Å². The molecule has 1 aliphatic rings. The predicted molar refractivity (Wildman–Crippen MR) is 70.1 cm³/mol. The first kappa shape index (κ1) is 12.6. The molecule has 0 bridgehead atoms. The normalized spacial score (nSPS) is 19.1. The van der Waals surface area contributed by atoms with Crippen LogP contribution in [0.2, 0.25) is 0 Å². The van der Waals surface area contributed by atoms with Crippen LogP contribution in [0.15, 0.2) is 30.3 Å². The van der Waals surface area contributed by atoms with Crippen LogP contribution in [0.4, 0.5) is 0 Å². The third kappa shape index (κ3) is 4.11. The largest absolute Gasteiger partial charge is 0.388 e. The van der Waals surface area contributed by atoms with E-state index >= 15 is 0 Å². The van der Waals surface area contributed by atoms with Gasteiger partial charge in [0.15, 0.2) is 0 Å². The van der Waals surface area contributed by atoms with Crippen molar-refractivity contribution in [2.45, 2.75) is 24.9 Å². The standard InChI is InChI=1S/C14H22N2O/c17-14(7-10-15-11-8-14)12-16-9-6-13-4-2-1-3-5-13/h1-5,15-17H,6-12H2. The van der Waals surface area contributed by atoms with E-state index in [4.69, 9.17) is 0 Å². The third-order valence-electron chi connectivity index (χ3n) is 3.42. The van der Waals surface area contributed by atoms with Crippen LogP contribution in [0.1, 0.15) is 18.4 Å². The number of aliphatic hydroxyl groups is 1. The summed E-state index contributed by atoms with van der Waals surface area (Å²) in [4.78, 5) is 0. The summed E-state index contributed by atoms with van der Waals surface area (Å²) in [6, 6.07) is 10.4. The van der Waals surface area contributed by atoms with Gasteiger partial charge < -0.3 is 15.7 Å². The number of hydrogen-bond acceptors (Lipinski definition) is 3. The second kappa shape index (κ2) is 6.15. The molecule has 3 heteroatoms. The Bertz CT molecular complexity index is 320. The van der Waals surface area contributed by atoms with Crippen molar-refractivity contribution in [2.24, 2.45) is 0 Å². The van der Waals surface area contributed by atoms with Gasteiger partial charge in [0.05, 0.1) is 5.60 Å². The molecule has 1 saturated heterocycles. The van der Waals surface area contributed by atoms with Gasteiger partial charge in [0, 0.05) is 6.54 Å². The molecule has 0 spiro atoms. The van der Waals surface area contributed by atoms with Crippen molar-refractivity contribution in [3.8, 4) is 0 Å².